The van der Waals surface area contributed by atoms with Crippen LogP contribution < -0.4 is 48.7 Å². The molecule has 5 aromatic rings. The molecular weight excluding hydrogens is 1890 g/mol. The Hall–Kier alpha value is -8.01. The second kappa shape index (κ2) is 56.0. The average molecular weight is 2030 g/mol. The molecule has 133 heavy (non-hydrogen) atoms. The van der Waals surface area contributed by atoms with Gasteiger partial charge >= 0.3 is 12.2 Å². The van der Waals surface area contributed by atoms with E-state index in [-0.39, 0.29) is 126 Å². The van der Waals surface area contributed by atoms with Crippen molar-refractivity contribution >= 4 is 122 Å². The van der Waals surface area contributed by atoms with Gasteiger partial charge in [0.2, 0.25) is 47.6 Å². The summed E-state index contributed by atoms with van der Waals surface area (Å²) in [6.07, 6.45) is -0.0918. The third-order valence-electron chi connectivity index (χ3n) is 18.7. The molecule has 0 aromatic heterocycles. The maximum atomic E-state index is 13.2. The first-order chi connectivity index (χ1) is 61.1. The fourth-order valence-electron chi connectivity index (χ4n) is 11.0. The quantitative estimate of drug-likeness (QED) is 0.0128. The minimum Gasteiger partial charge on any atom is -0.444 e. The van der Waals surface area contributed by atoms with E-state index in [1.165, 1.54) is 0 Å². The second-order valence-electron chi connectivity index (χ2n) is 38.2. The molecule has 0 fully saturated rings. The van der Waals surface area contributed by atoms with Gasteiger partial charge < -0.3 is 63.3 Å². The van der Waals surface area contributed by atoms with E-state index in [4.69, 9.17) is 59.0 Å². The summed E-state index contributed by atoms with van der Waals surface area (Å²) in [5, 5.41) is 28.5. The summed E-state index contributed by atoms with van der Waals surface area (Å²) in [7, 11) is -13.9. The molecule has 0 unspecified atom stereocenters. The molecule has 0 bridgehead atoms. The van der Waals surface area contributed by atoms with Crippen LogP contribution in [0.1, 0.15) is 165 Å². The number of hydrogen-bond acceptors (Lipinski definition) is 28. The number of nitrogens with one attached hydrogen (secondary N) is 7. The van der Waals surface area contributed by atoms with Gasteiger partial charge in [-0.15, -0.1) is 0 Å². The Balaban J connectivity index is 0.000000666. The highest BCUT2D eigenvalue weighted by Gasteiger charge is 2.34. The van der Waals surface area contributed by atoms with Crippen LogP contribution in [0.3, 0.4) is 0 Å². The number of nitrogens with two attached hydrogens (primary N) is 2. The molecule has 35 nitrogen and oxygen atoms in total. The number of halogens is 2. The Morgan fingerprint density at radius 1 is 0.323 bits per heavy atom. The topological polar surface area (TPSA) is 536 Å². The molecule has 752 valence electrons. The second-order valence-corrected chi connectivity index (χ2v) is 51.0. The number of hydrogen-bond donors (Lipinski definition) is 10. The van der Waals surface area contributed by atoms with E-state index in [1.807, 2.05) is 172 Å². The number of rotatable bonds is 52. The highest BCUT2D eigenvalue weighted by atomic mass is 35.7. The van der Waals surface area contributed by atoms with E-state index in [0.29, 0.717) is 32.2 Å². The summed E-state index contributed by atoms with van der Waals surface area (Å²) in [5.74, 6) is -4.86. The normalized spacial score (nSPS) is 13.7. The Kier molecular flexibility index (Phi) is 51.0. The molecule has 0 aliphatic rings. The smallest absolute Gasteiger partial charge is 0.408 e. The number of carbonyl (C=O) groups excluding carboxylic acids is 7. The van der Waals surface area contributed by atoms with Crippen molar-refractivity contribution in [2.24, 2.45) is 44.5 Å². The lowest BCUT2D eigenvalue weighted by Crippen LogP contribution is -2.51. The van der Waals surface area contributed by atoms with Gasteiger partial charge in [-0.25, -0.2) is 26.4 Å². The average Bonchev–Trinajstić information content (AvgIpc) is 0.869. The summed E-state index contributed by atoms with van der Waals surface area (Å²) in [6, 6.07) is 43.7. The highest BCUT2D eigenvalue weighted by Crippen LogP contribution is 2.24. The molecule has 5 atom stereocenters. The number of aliphatic hydroxyl groups excluding tert-OH is 1. The molecule has 7 amide bonds. The molecule has 0 spiro atoms. The molecular formula is C90H141Cl2N9O26S6. The predicted octanol–water partition coefficient (Wildman–Crippen LogP) is 8.63. The summed E-state index contributed by atoms with van der Waals surface area (Å²) in [4.78, 5) is 87.7. The van der Waals surface area contributed by atoms with Gasteiger partial charge in [-0.3, -0.25) is 40.7 Å². The van der Waals surface area contributed by atoms with Crippen molar-refractivity contribution in [2.75, 3.05) is 100 Å². The summed E-state index contributed by atoms with van der Waals surface area (Å²) >= 11 is 0. The van der Waals surface area contributed by atoms with E-state index < -0.39 is 162 Å². The zero-order valence-corrected chi connectivity index (χ0v) is 85.7. The van der Waals surface area contributed by atoms with Crippen LogP contribution in [-0.2, 0) is 141 Å². The van der Waals surface area contributed by atoms with Gasteiger partial charge in [-0.1, -0.05) is 228 Å². The van der Waals surface area contributed by atoms with Crippen LogP contribution in [0.5, 0.6) is 0 Å². The third kappa shape index (κ3) is 60.3. The van der Waals surface area contributed by atoms with Crippen LogP contribution in [0.2, 0.25) is 0 Å². The van der Waals surface area contributed by atoms with Crippen molar-refractivity contribution in [3.05, 3.63) is 179 Å². The highest BCUT2D eigenvalue weighted by molar-refractivity contribution is 8.14. The Morgan fingerprint density at radius 3 is 0.782 bits per heavy atom. The molecule has 5 rings (SSSR count). The monoisotopic (exact) mass is 2030 g/mol. The zero-order valence-electron chi connectivity index (χ0n) is 79.3. The molecule has 0 aliphatic carbocycles. The molecule has 43 heteroatoms. The molecule has 0 heterocycles. The number of ether oxygens (including phenoxy) is 2. The van der Waals surface area contributed by atoms with Gasteiger partial charge in [-0.05, 0) is 108 Å². The van der Waals surface area contributed by atoms with Gasteiger partial charge in [0.1, 0.15) is 23.3 Å². The van der Waals surface area contributed by atoms with Crippen molar-refractivity contribution < 1.29 is 115 Å². The van der Waals surface area contributed by atoms with Crippen LogP contribution >= 0.6 is 21.4 Å². The van der Waals surface area contributed by atoms with Crippen molar-refractivity contribution in [1.29, 1.82) is 0 Å². The van der Waals surface area contributed by atoms with Crippen LogP contribution in [-0.4, -0.2) is 233 Å². The lowest BCUT2D eigenvalue weighted by atomic mass is 9.94. The predicted molar refractivity (Wildman–Crippen MR) is 515 cm³/mol. The third-order valence-corrected chi connectivity index (χ3v) is 26.2. The first kappa shape index (κ1) is 121. The minimum atomic E-state index is -4.11. The van der Waals surface area contributed by atoms with Crippen molar-refractivity contribution in [3.63, 3.8) is 0 Å². The summed E-state index contributed by atoms with van der Waals surface area (Å²) in [6.45, 7) is 29.6. The fraction of sp³-hybridized carbons (Fsp3) is 0.589. The lowest BCUT2D eigenvalue weighted by molar-refractivity contribution is -0.125. The molecule has 0 saturated carbocycles. The van der Waals surface area contributed by atoms with Crippen LogP contribution in [0.15, 0.2) is 152 Å². The van der Waals surface area contributed by atoms with Gasteiger partial charge in [0.15, 0.2) is 0 Å². The number of alkyl carbamates (subject to hydrolysis) is 2. The van der Waals surface area contributed by atoms with Crippen molar-refractivity contribution in [3.8, 4) is 0 Å². The summed E-state index contributed by atoms with van der Waals surface area (Å²) in [5.41, 5.74) is 11.8. The van der Waals surface area contributed by atoms with Crippen LogP contribution in [0.4, 0.5) is 9.59 Å². The first-order valence-electron chi connectivity index (χ1n) is 43.1. The van der Waals surface area contributed by atoms with Crippen molar-refractivity contribution in [1.82, 2.24) is 37.2 Å². The molecule has 0 aliphatic heterocycles. The molecule has 5 aromatic carbocycles. The molecule has 0 saturated heterocycles. The zero-order chi connectivity index (χ0) is 101. The Bertz CT molecular complexity index is 5000. The van der Waals surface area contributed by atoms with Gasteiger partial charge in [0.05, 0.1) is 73.0 Å². The van der Waals surface area contributed by atoms with Crippen LogP contribution in [0, 0.1) is 33.0 Å². The van der Waals surface area contributed by atoms with Crippen LogP contribution in [0.25, 0.3) is 0 Å². The Labute approximate surface area is 797 Å². The van der Waals surface area contributed by atoms with E-state index in [0.717, 1.165) is 27.8 Å². The first-order valence-corrected chi connectivity index (χ1v) is 54.4. The lowest BCUT2D eigenvalue weighted by Gasteiger charge is -2.27. The number of amides is 7. The van der Waals surface area contributed by atoms with Crippen molar-refractivity contribution in [2.45, 2.75) is 204 Å². The van der Waals surface area contributed by atoms with E-state index in [9.17, 15) is 89.2 Å². The maximum absolute atomic E-state index is 13.2. The number of benzene rings is 5. The maximum Gasteiger partial charge on any atom is 0.408 e. The number of aliphatic hydroxyl groups is 1. The molecule has 12 N–H and O–H groups in total. The van der Waals surface area contributed by atoms with E-state index >= 15 is 0 Å². The fourth-order valence-corrected chi connectivity index (χ4v) is 17.7. The van der Waals surface area contributed by atoms with Gasteiger partial charge in [0.25, 0.3) is 40.5 Å². The largest absolute Gasteiger partial charge is 0.444 e. The van der Waals surface area contributed by atoms with Gasteiger partial charge in [-0.2, -0.15) is 33.7 Å². The Morgan fingerprint density at radius 2 is 0.541 bits per heavy atom. The minimum absolute atomic E-state index is 0.0209. The summed E-state index contributed by atoms with van der Waals surface area (Å²) < 4.78 is 172. The van der Waals surface area contributed by atoms with E-state index in [1.54, 1.807) is 96.9 Å². The standard InChI is InChI=1S/C37H57N3O10S2.C31H48N4O8S2.C19H30N2O4.C3H6Cl2O4S2/c1-28(22-29-16-11-9-12-17-29)32(41)38-24-36(5,6)26-48-51(44,45)20-15-21-52(46,47)49-27-37(7,8)25-39-33(42)31(23-30-18-13-10-14-19-30)40-34(43)50-35(2,3)4;1-30(2,20-34-28(36)26(32)18-24-12-7-5-8-13-24)22-42-44(38,39)16-11-17-45(40,41)43-23-31(3,4)21-35-29(37)27(33)19-25-14-9-6-10-15-25;1-18(2,3)25-17(24)21-15(11-14-9-7-6-8-10-14)16(23)20-12-19(4,5)13-22;4-10(6,7)2-1-3-11(5,8)9/h9-14,16-19,28,31H,15,20-27H2,1-8H3,(H,38,41)(H,39,42)(H,40,43);5-10,12-15,26-27H,11,16-23,32-33H2,1-4H3,(H,34,36)(H,35,37);6-10,15,22H,11-13H2,1-5H3,(H,20,23)(H,21,24);1-3H2/t28-,31-;26-,27-;15-;/m000./s1. The van der Waals surface area contributed by atoms with Gasteiger partial charge in [0, 0.05) is 107 Å². The molecule has 0 radical (unpaired) electrons. The SMILES string of the molecule is CC(C)(CNC(=O)[C@@H](N)Cc1ccccc1)COS(=O)(=O)CCCS(=O)(=O)OCC(C)(C)CNC(=O)[C@@H](N)Cc1ccccc1.CC(C)(CO)CNC(=O)[C@H](Cc1ccccc1)NC(=O)OC(C)(C)C.C[C@@H](Cc1ccccc1)C(=O)NCC(C)(C)COS(=O)(=O)CCCS(=O)(=O)OCC(C)(C)CNC(=O)[C@H](Cc1ccccc1)NC(=O)OC(C)(C)C.O=S(=O)(Cl)CCCS(=O)(=O)Cl. The number of carbonyl (C=O) groups is 7. The van der Waals surface area contributed by atoms with E-state index in [2.05, 4.69) is 37.2 Å².